The highest BCUT2D eigenvalue weighted by atomic mass is 35.5. The third-order valence-electron chi connectivity index (χ3n) is 3.40. The van der Waals surface area contributed by atoms with E-state index in [0.29, 0.717) is 10.7 Å². The lowest BCUT2D eigenvalue weighted by Crippen LogP contribution is -2.21. The molecule has 2 rings (SSSR count). The predicted octanol–water partition coefficient (Wildman–Crippen LogP) is 4.58. The first kappa shape index (κ1) is 15.3. The molecule has 0 saturated carbocycles. The third kappa shape index (κ3) is 3.49. The van der Waals surface area contributed by atoms with E-state index in [9.17, 15) is 14.5 Å². The minimum Gasteiger partial charge on any atom is -0.368 e. The lowest BCUT2D eigenvalue weighted by atomic mass is 10.1. The van der Waals surface area contributed by atoms with Gasteiger partial charge in [-0.15, -0.1) is 0 Å². The van der Waals surface area contributed by atoms with Crippen LogP contribution in [0, 0.1) is 15.9 Å². The molecule has 21 heavy (non-hydrogen) atoms. The maximum Gasteiger partial charge on any atom is 0.274 e. The SMILES string of the molecule is CC(c1cccc(Cl)c1)N(C)c1cc(F)cc([N+](=O)[O-])c1. The zero-order chi connectivity index (χ0) is 15.6. The molecule has 0 N–H and O–H groups in total. The zero-order valence-corrected chi connectivity index (χ0v) is 12.3. The Morgan fingerprint density at radius 3 is 2.62 bits per heavy atom. The van der Waals surface area contributed by atoms with Crippen molar-refractivity contribution in [3.05, 3.63) is 69.0 Å². The summed E-state index contributed by atoms with van der Waals surface area (Å²) in [4.78, 5) is 12.0. The van der Waals surface area contributed by atoms with Gasteiger partial charge in [-0.25, -0.2) is 4.39 Å². The maximum atomic E-state index is 13.5. The van der Waals surface area contributed by atoms with E-state index in [1.165, 1.54) is 12.1 Å². The van der Waals surface area contributed by atoms with Crippen molar-refractivity contribution in [3.63, 3.8) is 0 Å². The molecule has 0 heterocycles. The molecule has 110 valence electrons. The van der Waals surface area contributed by atoms with Gasteiger partial charge in [0.05, 0.1) is 17.0 Å². The van der Waals surface area contributed by atoms with E-state index in [0.717, 1.165) is 11.6 Å². The number of nitro benzene ring substituents is 1. The molecular weight excluding hydrogens is 295 g/mol. The topological polar surface area (TPSA) is 46.4 Å². The third-order valence-corrected chi connectivity index (χ3v) is 3.63. The molecule has 0 spiro atoms. The molecule has 0 saturated heterocycles. The highest BCUT2D eigenvalue weighted by molar-refractivity contribution is 6.30. The Balaban J connectivity index is 2.35. The van der Waals surface area contributed by atoms with Crippen LogP contribution in [0.5, 0.6) is 0 Å². The summed E-state index contributed by atoms with van der Waals surface area (Å²) in [7, 11) is 1.75. The van der Waals surface area contributed by atoms with E-state index in [2.05, 4.69) is 0 Å². The molecule has 0 bridgehead atoms. The molecule has 2 aromatic carbocycles. The summed E-state index contributed by atoms with van der Waals surface area (Å²) in [6, 6.07) is 10.7. The van der Waals surface area contributed by atoms with Gasteiger partial charge in [0.1, 0.15) is 5.82 Å². The number of hydrogen-bond donors (Lipinski definition) is 0. The number of nitro groups is 1. The van der Waals surface area contributed by atoms with Crippen LogP contribution in [0.15, 0.2) is 42.5 Å². The molecule has 0 aliphatic rings. The molecule has 2 aromatic rings. The van der Waals surface area contributed by atoms with Crippen molar-refractivity contribution in [1.82, 2.24) is 0 Å². The van der Waals surface area contributed by atoms with Gasteiger partial charge in [0, 0.05) is 23.8 Å². The van der Waals surface area contributed by atoms with Crippen LogP contribution < -0.4 is 4.90 Å². The first-order chi connectivity index (χ1) is 9.88. The van der Waals surface area contributed by atoms with Gasteiger partial charge in [-0.3, -0.25) is 10.1 Å². The molecule has 0 aliphatic heterocycles. The van der Waals surface area contributed by atoms with Crippen LogP contribution in [-0.4, -0.2) is 12.0 Å². The summed E-state index contributed by atoms with van der Waals surface area (Å²) < 4.78 is 13.5. The van der Waals surface area contributed by atoms with E-state index < -0.39 is 10.7 Å². The smallest absolute Gasteiger partial charge is 0.274 e. The molecule has 6 heteroatoms. The fourth-order valence-electron chi connectivity index (χ4n) is 2.08. The summed E-state index contributed by atoms with van der Waals surface area (Å²) in [5.41, 5.74) is 1.11. The van der Waals surface area contributed by atoms with Crippen LogP contribution >= 0.6 is 11.6 Å². The monoisotopic (exact) mass is 308 g/mol. The van der Waals surface area contributed by atoms with Gasteiger partial charge in [-0.2, -0.15) is 0 Å². The first-order valence-electron chi connectivity index (χ1n) is 6.32. The van der Waals surface area contributed by atoms with Crippen LogP contribution in [0.1, 0.15) is 18.5 Å². The van der Waals surface area contributed by atoms with Gasteiger partial charge in [0.2, 0.25) is 0 Å². The van der Waals surface area contributed by atoms with Gasteiger partial charge >= 0.3 is 0 Å². The number of non-ortho nitro benzene ring substituents is 1. The number of rotatable bonds is 4. The molecule has 0 amide bonds. The second-order valence-corrected chi connectivity index (χ2v) is 5.20. The van der Waals surface area contributed by atoms with Crippen LogP contribution in [0.25, 0.3) is 0 Å². The second kappa shape index (κ2) is 6.10. The zero-order valence-electron chi connectivity index (χ0n) is 11.6. The summed E-state index contributed by atoms with van der Waals surface area (Å²) in [5.74, 6) is -0.635. The highest BCUT2D eigenvalue weighted by Gasteiger charge is 2.17. The summed E-state index contributed by atoms with van der Waals surface area (Å²) in [6.45, 7) is 1.92. The maximum absolute atomic E-state index is 13.5. The molecule has 0 radical (unpaired) electrons. The lowest BCUT2D eigenvalue weighted by Gasteiger charge is -2.27. The number of benzene rings is 2. The van der Waals surface area contributed by atoms with Gasteiger partial charge in [-0.1, -0.05) is 23.7 Å². The molecule has 1 unspecified atom stereocenters. The molecule has 0 fully saturated rings. The van der Waals surface area contributed by atoms with Crippen molar-refractivity contribution >= 4 is 23.0 Å². The Morgan fingerprint density at radius 1 is 1.29 bits per heavy atom. The Labute approximate surface area is 126 Å². The fourth-order valence-corrected chi connectivity index (χ4v) is 2.28. The molecular formula is C15H14ClFN2O2. The Bertz CT molecular complexity index is 678. The van der Waals surface area contributed by atoms with Crippen LogP contribution in [0.2, 0.25) is 5.02 Å². The van der Waals surface area contributed by atoms with E-state index in [4.69, 9.17) is 11.6 Å². The minimum absolute atomic E-state index is 0.106. The van der Waals surface area contributed by atoms with Crippen molar-refractivity contribution < 1.29 is 9.31 Å². The Morgan fingerprint density at radius 2 is 2.00 bits per heavy atom. The lowest BCUT2D eigenvalue weighted by molar-refractivity contribution is -0.385. The first-order valence-corrected chi connectivity index (χ1v) is 6.69. The second-order valence-electron chi connectivity index (χ2n) is 4.77. The number of nitrogens with zero attached hydrogens (tertiary/aromatic N) is 2. The fraction of sp³-hybridized carbons (Fsp3) is 0.200. The van der Waals surface area contributed by atoms with Crippen molar-refractivity contribution in [2.75, 3.05) is 11.9 Å². The average Bonchev–Trinajstić information content (AvgIpc) is 2.45. The van der Waals surface area contributed by atoms with E-state index in [1.54, 1.807) is 18.0 Å². The van der Waals surface area contributed by atoms with Gasteiger partial charge in [0.15, 0.2) is 0 Å². The Hall–Kier alpha value is -2.14. The van der Waals surface area contributed by atoms with Crippen molar-refractivity contribution in [2.24, 2.45) is 0 Å². The molecule has 1 atom stereocenters. The normalized spacial score (nSPS) is 12.0. The van der Waals surface area contributed by atoms with Crippen molar-refractivity contribution in [3.8, 4) is 0 Å². The van der Waals surface area contributed by atoms with Crippen molar-refractivity contribution in [2.45, 2.75) is 13.0 Å². The number of anilines is 1. The summed E-state index contributed by atoms with van der Waals surface area (Å²) in [6.07, 6.45) is 0. The summed E-state index contributed by atoms with van der Waals surface area (Å²) in [5, 5.41) is 11.4. The van der Waals surface area contributed by atoms with Crippen molar-refractivity contribution in [1.29, 1.82) is 0 Å². The van der Waals surface area contributed by atoms with Gasteiger partial charge in [-0.05, 0) is 30.7 Å². The van der Waals surface area contributed by atoms with E-state index in [-0.39, 0.29) is 11.7 Å². The molecule has 4 nitrogen and oxygen atoms in total. The number of hydrogen-bond acceptors (Lipinski definition) is 3. The van der Waals surface area contributed by atoms with Gasteiger partial charge in [0.25, 0.3) is 5.69 Å². The quantitative estimate of drug-likeness (QED) is 0.613. The Kier molecular flexibility index (Phi) is 4.43. The highest BCUT2D eigenvalue weighted by Crippen LogP contribution is 2.29. The molecule has 0 aromatic heterocycles. The number of halogens is 2. The van der Waals surface area contributed by atoms with Crippen LogP contribution in [0.4, 0.5) is 15.8 Å². The van der Waals surface area contributed by atoms with Crippen LogP contribution in [-0.2, 0) is 0 Å². The standard InChI is InChI=1S/C15H14ClFN2O2/c1-10(11-4-3-5-12(16)6-11)18(2)14-7-13(17)8-15(9-14)19(20)21/h3-10H,1-2H3. The minimum atomic E-state index is -0.635. The predicted molar refractivity (Wildman–Crippen MR) is 81.3 cm³/mol. The largest absolute Gasteiger partial charge is 0.368 e. The van der Waals surface area contributed by atoms with E-state index >= 15 is 0 Å². The van der Waals surface area contributed by atoms with Crippen LogP contribution in [0.3, 0.4) is 0 Å². The molecule has 0 aliphatic carbocycles. The van der Waals surface area contributed by atoms with Gasteiger partial charge < -0.3 is 4.90 Å². The van der Waals surface area contributed by atoms with E-state index in [1.807, 2.05) is 25.1 Å². The average molecular weight is 309 g/mol. The summed E-state index contributed by atoms with van der Waals surface area (Å²) >= 11 is 5.96.